The Morgan fingerprint density at radius 1 is 1.03 bits per heavy atom. The number of aryl methyl sites for hydroxylation is 1. The summed E-state index contributed by atoms with van der Waals surface area (Å²) in [6.45, 7) is 4.04. The second-order valence-electron chi connectivity index (χ2n) is 8.97. The maximum absolute atomic E-state index is 11.4. The first kappa shape index (κ1) is 25.2. The molecule has 194 valence electrons. The number of benzene rings is 2. The fourth-order valence-electron chi connectivity index (χ4n) is 5.13. The summed E-state index contributed by atoms with van der Waals surface area (Å²) in [4.78, 5) is 17.7. The topological polar surface area (TPSA) is 94.7 Å². The van der Waals surface area contributed by atoms with E-state index in [-0.39, 0.29) is 17.8 Å². The van der Waals surface area contributed by atoms with Gasteiger partial charge in [-0.3, -0.25) is 15.1 Å². The molecule has 0 unspecified atom stereocenters. The molecule has 0 bridgehead atoms. The second-order valence-corrected chi connectivity index (χ2v) is 9.36. The molecule has 3 heterocycles. The Labute approximate surface area is 225 Å². The molecule has 4 aromatic rings. The molecule has 5 rings (SSSR count). The van der Waals surface area contributed by atoms with Crippen LogP contribution >= 0.6 is 12.2 Å². The van der Waals surface area contributed by atoms with Crippen molar-refractivity contribution in [2.24, 2.45) is 0 Å². The van der Waals surface area contributed by atoms with Gasteiger partial charge in [-0.25, -0.2) is 0 Å². The Morgan fingerprint density at radius 2 is 1.84 bits per heavy atom. The molecule has 1 N–H and O–H groups in total. The van der Waals surface area contributed by atoms with Gasteiger partial charge in [0.15, 0.2) is 5.11 Å². The standard InChI is InChI=1S/C28H27N5O4S/c1-17-14-22(18(2)31(17)24-12-11-20(33(34)35)16-25(24)37-4)27-26(23-10-5-6-13-29-23)30-28(38)32(27)19-8-7-9-21(15-19)36-3/h5-16,26-27H,1-4H3,(H,30,38)/t26-,27-/m1/s1. The Hall–Kier alpha value is -4.44. The van der Waals surface area contributed by atoms with Crippen LogP contribution in [0.3, 0.4) is 0 Å². The minimum absolute atomic E-state index is 0.0296. The lowest BCUT2D eigenvalue weighted by Gasteiger charge is -2.28. The van der Waals surface area contributed by atoms with Crippen molar-refractivity contribution in [2.75, 3.05) is 19.1 Å². The predicted molar refractivity (Wildman–Crippen MR) is 149 cm³/mol. The minimum atomic E-state index is -0.429. The summed E-state index contributed by atoms with van der Waals surface area (Å²) in [7, 11) is 3.15. The van der Waals surface area contributed by atoms with Crippen LogP contribution in [-0.4, -0.2) is 33.8 Å². The van der Waals surface area contributed by atoms with Gasteiger partial charge in [0, 0.05) is 35.4 Å². The maximum atomic E-state index is 11.4. The highest BCUT2D eigenvalue weighted by Crippen LogP contribution is 2.44. The number of anilines is 1. The van der Waals surface area contributed by atoms with Crippen LogP contribution < -0.4 is 19.7 Å². The molecule has 0 spiro atoms. The van der Waals surface area contributed by atoms with Gasteiger partial charge in [-0.2, -0.15) is 0 Å². The van der Waals surface area contributed by atoms with Gasteiger partial charge in [0.25, 0.3) is 5.69 Å². The molecule has 2 atom stereocenters. The van der Waals surface area contributed by atoms with E-state index in [1.807, 2.05) is 56.3 Å². The van der Waals surface area contributed by atoms with Crippen LogP contribution in [0.5, 0.6) is 11.5 Å². The van der Waals surface area contributed by atoms with E-state index in [9.17, 15) is 10.1 Å². The first-order valence-electron chi connectivity index (χ1n) is 12.0. The quantitative estimate of drug-likeness (QED) is 0.188. The summed E-state index contributed by atoms with van der Waals surface area (Å²) >= 11 is 5.87. The van der Waals surface area contributed by atoms with Crippen LogP contribution in [0.25, 0.3) is 5.69 Å². The van der Waals surface area contributed by atoms with E-state index < -0.39 is 4.92 Å². The number of ether oxygens (including phenoxy) is 2. The van der Waals surface area contributed by atoms with Gasteiger partial charge in [0.05, 0.1) is 48.7 Å². The van der Waals surface area contributed by atoms with Crippen LogP contribution in [0.4, 0.5) is 11.4 Å². The lowest BCUT2D eigenvalue weighted by molar-refractivity contribution is -0.384. The number of rotatable bonds is 7. The number of nitrogens with zero attached hydrogens (tertiary/aromatic N) is 4. The third-order valence-electron chi connectivity index (χ3n) is 6.83. The van der Waals surface area contributed by atoms with Crippen LogP contribution in [0.2, 0.25) is 0 Å². The second kappa shape index (κ2) is 10.1. The third-order valence-corrected chi connectivity index (χ3v) is 7.15. The van der Waals surface area contributed by atoms with Gasteiger partial charge >= 0.3 is 0 Å². The first-order valence-corrected chi connectivity index (χ1v) is 12.4. The largest absolute Gasteiger partial charge is 0.497 e. The van der Waals surface area contributed by atoms with Gasteiger partial charge in [0.2, 0.25) is 0 Å². The van der Waals surface area contributed by atoms with Crippen molar-refractivity contribution in [3.05, 3.63) is 106 Å². The van der Waals surface area contributed by atoms with E-state index in [1.54, 1.807) is 19.4 Å². The highest BCUT2D eigenvalue weighted by Gasteiger charge is 2.42. The van der Waals surface area contributed by atoms with Crippen molar-refractivity contribution in [1.29, 1.82) is 0 Å². The average molecular weight is 530 g/mol. The Kier molecular flexibility index (Phi) is 6.73. The van der Waals surface area contributed by atoms with Crippen molar-refractivity contribution in [3.63, 3.8) is 0 Å². The monoisotopic (exact) mass is 529 g/mol. The summed E-state index contributed by atoms with van der Waals surface area (Å²) in [6.07, 6.45) is 1.77. The van der Waals surface area contributed by atoms with Crippen molar-refractivity contribution in [2.45, 2.75) is 25.9 Å². The Balaban J connectivity index is 1.69. The smallest absolute Gasteiger partial charge is 0.273 e. The van der Waals surface area contributed by atoms with Crippen LogP contribution in [-0.2, 0) is 0 Å². The molecule has 0 aliphatic carbocycles. The summed E-state index contributed by atoms with van der Waals surface area (Å²) in [5, 5.41) is 15.4. The molecule has 1 aliphatic heterocycles. The molecular formula is C28H27N5O4S. The average Bonchev–Trinajstić information content (AvgIpc) is 3.43. The number of non-ortho nitro benzene ring substituents is 1. The molecule has 9 nitrogen and oxygen atoms in total. The Bertz CT molecular complexity index is 1520. The van der Waals surface area contributed by atoms with Gasteiger partial charge in [-0.05, 0) is 68.0 Å². The van der Waals surface area contributed by atoms with Gasteiger partial charge in [0.1, 0.15) is 11.5 Å². The molecule has 2 aromatic carbocycles. The maximum Gasteiger partial charge on any atom is 0.273 e. The zero-order chi connectivity index (χ0) is 27.0. The highest BCUT2D eigenvalue weighted by atomic mass is 32.1. The molecule has 2 aromatic heterocycles. The molecule has 38 heavy (non-hydrogen) atoms. The SMILES string of the molecule is COc1cccc(N2C(=S)N[C@H](c3ccccn3)[C@H]2c2cc(C)n(-c3ccc([N+](=O)[O-])cc3OC)c2C)c1. The number of thiocarbonyl (C=S) groups is 1. The van der Waals surface area contributed by atoms with Crippen molar-refractivity contribution in [1.82, 2.24) is 14.9 Å². The van der Waals surface area contributed by atoms with E-state index in [2.05, 4.69) is 25.8 Å². The van der Waals surface area contributed by atoms with E-state index in [0.29, 0.717) is 10.9 Å². The first-order chi connectivity index (χ1) is 18.3. The number of aromatic nitrogens is 2. The number of hydrogen-bond donors (Lipinski definition) is 1. The Morgan fingerprint density at radius 3 is 2.53 bits per heavy atom. The number of nitro groups is 1. The third kappa shape index (κ3) is 4.32. The summed E-state index contributed by atoms with van der Waals surface area (Å²) in [6, 6.07) is 20.0. The lowest BCUT2D eigenvalue weighted by atomic mass is 9.96. The molecular weight excluding hydrogens is 502 g/mol. The number of nitrogens with one attached hydrogen (secondary N) is 1. The fraction of sp³-hybridized carbons (Fsp3) is 0.214. The van der Waals surface area contributed by atoms with Crippen LogP contribution in [0.1, 0.15) is 34.7 Å². The molecule has 1 fully saturated rings. The summed E-state index contributed by atoms with van der Waals surface area (Å²) in [5.74, 6) is 1.14. The molecule has 0 radical (unpaired) electrons. The summed E-state index contributed by atoms with van der Waals surface area (Å²) in [5.41, 5.74) is 5.39. The van der Waals surface area contributed by atoms with E-state index in [0.717, 1.165) is 39.8 Å². The van der Waals surface area contributed by atoms with Crippen molar-refractivity contribution >= 4 is 28.7 Å². The molecule has 1 saturated heterocycles. The van der Waals surface area contributed by atoms with Crippen molar-refractivity contribution < 1.29 is 14.4 Å². The molecule has 0 saturated carbocycles. The number of hydrogen-bond acceptors (Lipinski definition) is 6. The zero-order valence-electron chi connectivity index (χ0n) is 21.4. The zero-order valence-corrected chi connectivity index (χ0v) is 22.2. The number of methoxy groups -OCH3 is 2. The van der Waals surface area contributed by atoms with Crippen LogP contribution in [0, 0.1) is 24.0 Å². The molecule has 1 aliphatic rings. The van der Waals surface area contributed by atoms with E-state index in [4.69, 9.17) is 21.7 Å². The van der Waals surface area contributed by atoms with Crippen molar-refractivity contribution in [3.8, 4) is 17.2 Å². The van der Waals surface area contributed by atoms with Crippen LogP contribution in [0.15, 0.2) is 72.9 Å². The van der Waals surface area contributed by atoms with Gasteiger partial charge in [-0.1, -0.05) is 12.1 Å². The van der Waals surface area contributed by atoms with Gasteiger partial charge < -0.3 is 24.3 Å². The lowest BCUT2D eigenvalue weighted by Crippen LogP contribution is -2.29. The minimum Gasteiger partial charge on any atom is -0.497 e. The highest BCUT2D eigenvalue weighted by molar-refractivity contribution is 7.80. The fourth-order valence-corrected chi connectivity index (χ4v) is 5.48. The summed E-state index contributed by atoms with van der Waals surface area (Å²) < 4.78 is 13.1. The molecule has 0 amide bonds. The number of nitro benzene ring substituents is 1. The number of pyridine rings is 1. The molecule has 10 heteroatoms. The van der Waals surface area contributed by atoms with E-state index in [1.165, 1.54) is 19.2 Å². The van der Waals surface area contributed by atoms with Gasteiger partial charge in [-0.15, -0.1) is 0 Å². The predicted octanol–water partition coefficient (Wildman–Crippen LogP) is 5.59. The normalized spacial score (nSPS) is 16.8. The van der Waals surface area contributed by atoms with E-state index >= 15 is 0 Å².